The van der Waals surface area contributed by atoms with Crippen molar-refractivity contribution in [3.63, 3.8) is 0 Å². The third-order valence-electron chi connectivity index (χ3n) is 3.10. The molecule has 1 amide bonds. The van der Waals surface area contributed by atoms with Gasteiger partial charge in [-0.15, -0.1) is 0 Å². The van der Waals surface area contributed by atoms with Crippen LogP contribution in [0.2, 0.25) is 0 Å². The maximum Gasteiger partial charge on any atom is 0.255 e. The summed E-state index contributed by atoms with van der Waals surface area (Å²) in [6.45, 7) is 2.43. The summed E-state index contributed by atoms with van der Waals surface area (Å²) in [4.78, 5) is 12.1. The highest BCUT2D eigenvalue weighted by Gasteiger charge is 2.05. The fourth-order valence-electron chi connectivity index (χ4n) is 1.89. The fraction of sp³-hybridized carbons (Fsp3) is 0.167. The van der Waals surface area contributed by atoms with Crippen molar-refractivity contribution < 1.29 is 4.79 Å². The van der Waals surface area contributed by atoms with Crippen LogP contribution in [-0.4, -0.2) is 12.5 Å². The molecule has 0 fully saturated rings. The first-order valence-corrected chi connectivity index (χ1v) is 6.92. The molecular weight excluding hydrogens is 260 g/mol. The third-order valence-corrected chi connectivity index (χ3v) is 3.10. The Balaban J connectivity index is 2.05. The molecule has 21 heavy (non-hydrogen) atoms. The van der Waals surface area contributed by atoms with Gasteiger partial charge in [-0.2, -0.15) is 0 Å². The molecule has 0 unspecified atom stereocenters. The predicted molar refractivity (Wildman–Crippen MR) is 86.1 cm³/mol. The fourth-order valence-corrected chi connectivity index (χ4v) is 1.89. The first-order chi connectivity index (χ1) is 10.2. The predicted octanol–water partition coefficient (Wildman–Crippen LogP) is 2.81. The van der Waals surface area contributed by atoms with Gasteiger partial charge in [-0.25, -0.2) is 0 Å². The summed E-state index contributed by atoms with van der Waals surface area (Å²) in [5.74, 6) is 5.58. The van der Waals surface area contributed by atoms with Crippen molar-refractivity contribution in [3.05, 3.63) is 65.2 Å². The molecule has 0 aromatic heterocycles. The first-order valence-electron chi connectivity index (χ1n) is 6.92. The zero-order valence-corrected chi connectivity index (χ0v) is 12.0. The van der Waals surface area contributed by atoms with Crippen LogP contribution >= 0.6 is 0 Å². The molecule has 0 spiro atoms. The van der Waals surface area contributed by atoms with Crippen LogP contribution in [0, 0.1) is 11.8 Å². The topological polar surface area (TPSA) is 55.1 Å². The van der Waals surface area contributed by atoms with Crippen LogP contribution in [0.15, 0.2) is 48.5 Å². The summed E-state index contributed by atoms with van der Waals surface area (Å²) in [6.07, 6.45) is 0.986. The number of carbonyl (C=O) groups is 1. The molecule has 0 radical (unpaired) electrons. The summed E-state index contributed by atoms with van der Waals surface area (Å²) < 4.78 is 0. The summed E-state index contributed by atoms with van der Waals surface area (Å²) in [7, 11) is 0. The van der Waals surface area contributed by atoms with E-state index in [-0.39, 0.29) is 5.91 Å². The van der Waals surface area contributed by atoms with Crippen molar-refractivity contribution in [1.82, 2.24) is 0 Å². The minimum Gasteiger partial charge on any atom is -0.322 e. The minimum atomic E-state index is -0.127. The molecule has 0 saturated carbocycles. The highest BCUT2D eigenvalue weighted by atomic mass is 16.1. The number of carbonyl (C=O) groups excluding carboxylic acids is 1. The van der Waals surface area contributed by atoms with Crippen LogP contribution in [0.3, 0.4) is 0 Å². The first kappa shape index (κ1) is 14.8. The van der Waals surface area contributed by atoms with Gasteiger partial charge in [-0.05, 0) is 48.4 Å². The van der Waals surface area contributed by atoms with E-state index in [0.29, 0.717) is 12.1 Å². The van der Waals surface area contributed by atoms with Gasteiger partial charge in [-0.3, -0.25) is 4.79 Å². The van der Waals surface area contributed by atoms with Crippen LogP contribution in [0.4, 0.5) is 5.69 Å². The third kappa shape index (κ3) is 4.20. The van der Waals surface area contributed by atoms with E-state index in [9.17, 15) is 4.79 Å². The number of hydrogen-bond donors (Lipinski definition) is 2. The molecule has 3 N–H and O–H groups in total. The Kier molecular flexibility index (Phi) is 5.14. The number of rotatable bonds is 3. The monoisotopic (exact) mass is 278 g/mol. The van der Waals surface area contributed by atoms with Gasteiger partial charge in [0, 0.05) is 16.8 Å². The van der Waals surface area contributed by atoms with Crippen molar-refractivity contribution >= 4 is 11.6 Å². The Morgan fingerprint density at radius 3 is 2.33 bits per heavy atom. The van der Waals surface area contributed by atoms with Crippen LogP contribution < -0.4 is 11.1 Å². The summed E-state index contributed by atoms with van der Waals surface area (Å²) in [5, 5.41) is 2.88. The molecule has 0 bridgehead atoms. The Hall–Kier alpha value is -2.57. The van der Waals surface area contributed by atoms with E-state index in [1.165, 1.54) is 5.56 Å². The van der Waals surface area contributed by atoms with E-state index >= 15 is 0 Å². The van der Waals surface area contributed by atoms with E-state index in [1.807, 2.05) is 36.4 Å². The zero-order chi connectivity index (χ0) is 15.1. The number of aryl methyl sites for hydroxylation is 1. The van der Waals surface area contributed by atoms with E-state index in [1.54, 1.807) is 12.1 Å². The highest BCUT2D eigenvalue weighted by Crippen LogP contribution is 2.12. The molecule has 0 aliphatic carbocycles. The molecule has 2 aromatic carbocycles. The molecule has 3 nitrogen and oxygen atoms in total. The average Bonchev–Trinajstić information content (AvgIpc) is 2.54. The number of benzene rings is 2. The lowest BCUT2D eigenvalue weighted by atomic mass is 10.1. The van der Waals surface area contributed by atoms with Crippen molar-refractivity contribution in [2.45, 2.75) is 13.3 Å². The van der Waals surface area contributed by atoms with E-state index in [4.69, 9.17) is 5.73 Å². The lowest BCUT2D eigenvalue weighted by Gasteiger charge is -2.06. The molecule has 3 heteroatoms. The van der Waals surface area contributed by atoms with Crippen molar-refractivity contribution in [2.24, 2.45) is 5.73 Å². The minimum absolute atomic E-state index is 0.127. The number of hydrogen-bond acceptors (Lipinski definition) is 2. The maximum absolute atomic E-state index is 12.1. The molecule has 0 saturated heterocycles. The quantitative estimate of drug-likeness (QED) is 0.848. The smallest absolute Gasteiger partial charge is 0.255 e. The molecule has 2 rings (SSSR count). The summed E-state index contributed by atoms with van der Waals surface area (Å²) in [5.41, 5.74) is 8.82. The second-order valence-corrected chi connectivity index (χ2v) is 4.59. The van der Waals surface area contributed by atoms with Crippen molar-refractivity contribution in [3.8, 4) is 11.8 Å². The van der Waals surface area contributed by atoms with Crippen LogP contribution in [0.1, 0.15) is 28.4 Å². The molecule has 2 aromatic rings. The zero-order valence-electron chi connectivity index (χ0n) is 12.0. The molecule has 0 heterocycles. The van der Waals surface area contributed by atoms with Gasteiger partial charge in [-0.1, -0.05) is 30.9 Å². The molecular formula is C18H18N2O. The van der Waals surface area contributed by atoms with Gasteiger partial charge in [0.2, 0.25) is 0 Å². The standard InChI is InChI=1S/C18H18N2O/c1-2-14-7-11-17(12-8-14)20-18(21)16-9-5-15(6-10-16)4-3-13-19/h5-12H,2,13,19H2,1H3,(H,20,21). The Labute approximate surface area is 125 Å². The Bertz CT molecular complexity index is 661. The largest absolute Gasteiger partial charge is 0.322 e. The molecule has 0 aliphatic rings. The lowest BCUT2D eigenvalue weighted by Crippen LogP contribution is -2.11. The molecule has 106 valence electrons. The number of anilines is 1. The van der Waals surface area contributed by atoms with E-state index < -0.39 is 0 Å². The van der Waals surface area contributed by atoms with E-state index in [0.717, 1.165) is 17.7 Å². The van der Waals surface area contributed by atoms with Gasteiger partial charge in [0.15, 0.2) is 0 Å². The lowest BCUT2D eigenvalue weighted by molar-refractivity contribution is 0.102. The summed E-state index contributed by atoms with van der Waals surface area (Å²) >= 11 is 0. The summed E-state index contributed by atoms with van der Waals surface area (Å²) in [6, 6.07) is 15.0. The molecule has 0 aliphatic heterocycles. The van der Waals surface area contributed by atoms with Gasteiger partial charge < -0.3 is 11.1 Å². The van der Waals surface area contributed by atoms with E-state index in [2.05, 4.69) is 24.1 Å². The average molecular weight is 278 g/mol. The molecule has 0 atom stereocenters. The van der Waals surface area contributed by atoms with Crippen LogP contribution in [0.25, 0.3) is 0 Å². The SMILES string of the molecule is CCc1ccc(NC(=O)c2ccc(C#CCN)cc2)cc1. The number of amides is 1. The maximum atomic E-state index is 12.1. The van der Waals surface area contributed by atoms with Gasteiger partial charge in [0.1, 0.15) is 0 Å². The highest BCUT2D eigenvalue weighted by molar-refractivity contribution is 6.04. The van der Waals surface area contributed by atoms with Crippen LogP contribution in [0.5, 0.6) is 0 Å². The van der Waals surface area contributed by atoms with Crippen LogP contribution in [-0.2, 0) is 6.42 Å². The second-order valence-electron chi connectivity index (χ2n) is 4.59. The Morgan fingerprint density at radius 2 is 1.76 bits per heavy atom. The van der Waals surface area contributed by atoms with Gasteiger partial charge in [0.05, 0.1) is 6.54 Å². The second kappa shape index (κ2) is 7.28. The van der Waals surface area contributed by atoms with Crippen molar-refractivity contribution in [2.75, 3.05) is 11.9 Å². The Morgan fingerprint density at radius 1 is 1.10 bits per heavy atom. The normalized spacial score (nSPS) is 9.62. The van der Waals surface area contributed by atoms with Crippen molar-refractivity contribution in [1.29, 1.82) is 0 Å². The van der Waals surface area contributed by atoms with Gasteiger partial charge >= 0.3 is 0 Å². The number of nitrogens with two attached hydrogens (primary N) is 1. The van der Waals surface area contributed by atoms with Gasteiger partial charge in [0.25, 0.3) is 5.91 Å². The number of nitrogens with one attached hydrogen (secondary N) is 1.